The van der Waals surface area contributed by atoms with Crippen molar-refractivity contribution < 1.29 is 28.8 Å². The molecule has 8 heteroatoms. The molecule has 4 rings (SSSR count). The summed E-state index contributed by atoms with van der Waals surface area (Å²) in [4.78, 5) is 16.7. The smallest absolute Gasteiger partial charge is 0.227 e. The van der Waals surface area contributed by atoms with E-state index < -0.39 is 6.10 Å². The first-order chi connectivity index (χ1) is 18.8. The molecule has 39 heavy (non-hydrogen) atoms. The molecule has 0 spiro atoms. The monoisotopic (exact) mass is 540 g/mol. The molecule has 8 nitrogen and oxygen atoms in total. The third-order valence-corrected chi connectivity index (χ3v) is 7.84. The van der Waals surface area contributed by atoms with Crippen LogP contribution in [-0.2, 0) is 11.2 Å². The van der Waals surface area contributed by atoms with E-state index in [-0.39, 0.29) is 12.5 Å². The van der Waals surface area contributed by atoms with Crippen LogP contribution in [0.4, 0.5) is 5.69 Å². The van der Waals surface area contributed by atoms with Crippen molar-refractivity contribution in [1.82, 2.24) is 4.90 Å². The number of carbonyl (C=O) groups excluding carboxylic acids is 1. The van der Waals surface area contributed by atoms with Crippen molar-refractivity contribution in [3.63, 3.8) is 0 Å². The largest absolute Gasteiger partial charge is 0.493 e. The summed E-state index contributed by atoms with van der Waals surface area (Å²) in [5.74, 6) is 3.85. The average molecular weight is 541 g/mol. The van der Waals surface area contributed by atoms with Gasteiger partial charge in [-0.25, -0.2) is 0 Å². The molecule has 2 aromatic rings. The standard InChI is InChI=1S/C31H44N2O6/c1-21(2)10-15-33-27-8-7-26(16-23(27)6-9-30(33)35)39-20-25(34)19-32-13-11-22(12-14-32)24-17-28(36-3)31(38-5)29(18-24)37-4/h7-8,16-18,21-22,25,34H,6,9-15,19-20H2,1-5H3. The molecule has 1 saturated heterocycles. The number of likely N-dealkylation sites (tertiary alicyclic amines) is 1. The van der Waals surface area contributed by atoms with Crippen molar-refractivity contribution in [2.24, 2.45) is 5.92 Å². The number of benzene rings is 2. The number of anilines is 1. The maximum atomic E-state index is 12.5. The fourth-order valence-electron chi connectivity index (χ4n) is 5.59. The van der Waals surface area contributed by atoms with Crippen molar-refractivity contribution in [2.45, 2.75) is 58.0 Å². The first-order valence-corrected chi connectivity index (χ1v) is 14.1. The Hall–Kier alpha value is -2.97. The summed E-state index contributed by atoms with van der Waals surface area (Å²) in [6, 6.07) is 10.0. The minimum Gasteiger partial charge on any atom is -0.493 e. The molecule has 0 bridgehead atoms. The van der Waals surface area contributed by atoms with Crippen LogP contribution in [0.5, 0.6) is 23.0 Å². The highest BCUT2D eigenvalue weighted by atomic mass is 16.5. The van der Waals surface area contributed by atoms with Crippen molar-refractivity contribution in [3.8, 4) is 23.0 Å². The number of aliphatic hydroxyl groups excluding tert-OH is 1. The number of fused-ring (bicyclic) bond motifs is 1. The highest BCUT2D eigenvalue weighted by molar-refractivity contribution is 5.96. The molecule has 1 unspecified atom stereocenters. The highest BCUT2D eigenvalue weighted by Gasteiger charge is 2.26. The lowest BCUT2D eigenvalue weighted by atomic mass is 9.89. The number of ether oxygens (including phenoxy) is 4. The number of methoxy groups -OCH3 is 3. The number of hydrogen-bond acceptors (Lipinski definition) is 7. The van der Waals surface area contributed by atoms with E-state index >= 15 is 0 Å². The van der Waals surface area contributed by atoms with Crippen molar-refractivity contribution in [1.29, 1.82) is 0 Å². The zero-order valence-corrected chi connectivity index (χ0v) is 24.1. The molecule has 2 aromatic carbocycles. The number of piperidine rings is 1. The van der Waals surface area contributed by atoms with Crippen LogP contribution >= 0.6 is 0 Å². The quantitative estimate of drug-likeness (QED) is 0.420. The molecule has 2 aliphatic heterocycles. The molecule has 0 saturated carbocycles. The number of carbonyl (C=O) groups is 1. The van der Waals surface area contributed by atoms with Crippen LogP contribution in [0, 0.1) is 5.92 Å². The van der Waals surface area contributed by atoms with Crippen LogP contribution < -0.4 is 23.8 Å². The minimum atomic E-state index is -0.581. The summed E-state index contributed by atoms with van der Waals surface area (Å²) in [6.07, 6.45) is 3.64. The third kappa shape index (κ3) is 7.17. The van der Waals surface area contributed by atoms with Crippen LogP contribution in [0.1, 0.15) is 56.6 Å². The number of amides is 1. The zero-order valence-electron chi connectivity index (χ0n) is 24.1. The average Bonchev–Trinajstić information content (AvgIpc) is 2.94. The Labute approximate surface area is 232 Å². The topological polar surface area (TPSA) is 80.7 Å². The number of β-amino-alcohol motifs (C(OH)–C–C–N with tert-alkyl or cyclic N) is 1. The molecule has 214 valence electrons. The molecule has 2 heterocycles. The number of nitrogens with zero attached hydrogens (tertiary/aromatic N) is 2. The molecule has 1 atom stereocenters. The fraction of sp³-hybridized carbons (Fsp3) is 0.581. The Kier molecular flexibility index (Phi) is 9.97. The van der Waals surface area contributed by atoms with Crippen molar-refractivity contribution in [2.75, 3.05) is 59.0 Å². The van der Waals surface area contributed by atoms with Crippen LogP contribution in [0.2, 0.25) is 0 Å². The zero-order chi connectivity index (χ0) is 27.9. The summed E-state index contributed by atoms with van der Waals surface area (Å²) < 4.78 is 22.5. The second-order valence-corrected chi connectivity index (χ2v) is 11.0. The Bertz CT molecular complexity index is 1090. The van der Waals surface area contributed by atoms with Gasteiger partial charge in [0.15, 0.2) is 11.5 Å². The van der Waals surface area contributed by atoms with Gasteiger partial charge in [-0.2, -0.15) is 0 Å². The first kappa shape index (κ1) is 29.0. The minimum absolute atomic E-state index is 0.196. The lowest BCUT2D eigenvalue weighted by Gasteiger charge is -2.33. The van der Waals surface area contributed by atoms with Crippen molar-refractivity contribution >= 4 is 11.6 Å². The van der Waals surface area contributed by atoms with E-state index in [4.69, 9.17) is 18.9 Å². The normalized spacial score (nSPS) is 17.2. The van der Waals surface area contributed by atoms with E-state index in [1.54, 1.807) is 21.3 Å². The Morgan fingerprint density at radius 1 is 0.974 bits per heavy atom. The molecule has 1 fully saturated rings. The summed E-state index contributed by atoms with van der Waals surface area (Å²) in [5.41, 5.74) is 3.32. The molecular formula is C31H44N2O6. The maximum absolute atomic E-state index is 12.5. The van der Waals surface area contributed by atoms with Crippen LogP contribution in [0.25, 0.3) is 0 Å². The lowest BCUT2D eigenvalue weighted by Crippen LogP contribution is -2.40. The van der Waals surface area contributed by atoms with Crippen molar-refractivity contribution in [3.05, 3.63) is 41.5 Å². The second kappa shape index (κ2) is 13.4. The number of rotatable bonds is 12. The molecular weight excluding hydrogens is 496 g/mol. The summed E-state index contributed by atoms with van der Waals surface area (Å²) in [5, 5.41) is 10.7. The molecule has 1 amide bonds. The maximum Gasteiger partial charge on any atom is 0.227 e. The Morgan fingerprint density at radius 3 is 2.28 bits per heavy atom. The molecule has 0 radical (unpaired) electrons. The molecule has 1 N–H and O–H groups in total. The van der Waals surface area contributed by atoms with E-state index in [9.17, 15) is 9.90 Å². The van der Waals surface area contributed by atoms with E-state index in [1.807, 2.05) is 35.2 Å². The number of aliphatic hydroxyl groups is 1. The van der Waals surface area contributed by atoms with Gasteiger partial charge in [0, 0.05) is 25.2 Å². The predicted octanol–water partition coefficient (Wildman–Crippen LogP) is 4.66. The lowest BCUT2D eigenvalue weighted by molar-refractivity contribution is -0.118. The highest BCUT2D eigenvalue weighted by Crippen LogP contribution is 2.42. The Morgan fingerprint density at radius 2 is 1.67 bits per heavy atom. The molecule has 0 aliphatic carbocycles. The van der Waals surface area contributed by atoms with Gasteiger partial charge in [-0.15, -0.1) is 0 Å². The van der Waals surface area contributed by atoms with E-state index in [1.165, 1.54) is 5.56 Å². The summed E-state index contributed by atoms with van der Waals surface area (Å²) in [6.45, 7) is 7.71. The van der Waals surface area contributed by atoms with Gasteiger partial charge >= 0.3 is 0 Å². The predicted molar refractivity (Wildman–Crippen MR) is 153 cm³/mol. The van der Waals surface area contributed by atoms with E-state index in [0.29, 0.717) is 42.0 Å². The Balaban J connectivity index is 1.27. The second-order valence-electron chi connectivity index (χ2n) is 11.0. The van der Waals surface area contributed by atoms with Gasteiger partial charge < -0.3 is 33.9 Å². The molecule has 0 aromatic heterocycles. The fourth-order valence-corrected chi connectivity index (χ4v) is 5.59. The van der Waals surface area contributed by atoms with Gasteiger partial charge in [-0.3, -0.25) is 4.79 Å². The van der Waals surface area contributed by atoms with Gasteiger partial charge in [0.1, 0.15) is 18.5 Å². The van der Waals surface area contributed by atoms with Gasteiger partial charge in [-0.05, 0) is 92.1 Å². The van der Waals surface area contributed by atoms with Crippen LogP contribution in [0.3, 0.4) is 0 Å². The summed E-state index contributed by atoms with van der Waals surface area (Å²) >= 11 is 0. The number of aryl methyl sites for hydroxylation is 1. The first-order valence-electron chi connectivity index (χ1n) is 14.1. The van der Waals surface area contributed by atoms with Gasteiger partial charge in [0.25, 0.3) is 0 Å². The van der Waals surface area contributed by atoms with Crippen LogP contribution in [-0.4, -0.2) is 76.1 Å². The molecule has 2 aliphatic rings. The van der Waals surface area contributed by atoms with E-state index in [0.717, 1.165) is 62.3 Å². The summed E-state index contributed by atoms with van der Waals surface area (Å²) in [7, 11) is 4.89. The van der Waals surface area contributed by atoms with Gasteiger partial charge in [0.05, 0.1) is 21.3 Å². The van der Waals surface area contributed by atoms with Gasteiger partial charge in [-0.1, -0.05) is 13.8 Å². The number of hydrogen-bond donors (Lipinski definition) is 1. The van der Waals surface area contributed by atoms with Gasteiger partial charge in [0.2, 0.25) is 11.7 Å². The SMILES string of the molecule is COc1cc(C2CCN(CC(O)COc3ccc4c(c3)CCC(=O)N4CCC(C)C)CC2)cc(OC)c1OC. The van der Waals surface area contributed by atoms with E-state index in [2.05, 4.69) is 18.7 Å². The third-order valence-electron chi connectivity index (χ3n) is 7.84. The van der Waals surface area contributed by atoms with Crippen LogP contribution in [0.15, 0.2) is 30.3 Å².